The minimum atomic E-state index is -0.542. The van der Waals surface area contributed by atoms with Gasteiger partial charge in [-0.25, -0.2) is 0 Å². The summed E-state index contributed by atoms with van der Waals surface area (Å²) in [4.78, 5) is 12.1. The molecule has 0 radical (unpaired) electrons. The summed E-state index contributed by atoms with van der Waals surface area (Å²) in [6.07, 6.45) is 3.91. The molecular formula is C24H30ClN5O3S. The predicted molar refractivity (Wildman–Crippen MR) is 135 cm³/mol. The SMILES string of the molecule is CCCc1c(OCCCCSc2ccc(-n3nnnc3C)cc2Cl)ccc(C(CC)N=O)c1O. The quantitative estimate of drug-likeness (QED) is 0.162. The van der Waals surface area contributed by atoms with Gasteiger partial charge in [-0.2, -0.15) is 9.59 Å². The third kappa shape index (κ3) is 6.27. The maximum Gasteiger partial charge on any atom is 0.153 e. The molecule has 1 atom stereocenters. The van der Waals surface area contributed by atoms with Crippen molar-refractivity contribution < 1.29 is 9.84 Å². The van der Waals surface area contributed by atoms with Crippen LogP contribution >= 0.6 is 23.4 Å². The molecule has 1 unspecified atom stereocenters. The first-order valence-electron chi connectivity index (χ1n) is 11.5. The number of unbranched alkanes of at least 4 members (excludes halogenated alkanes) is 1. The summed E-state index contributed by atoms with van der Waals surface area (Å²) < 4.78 is 7.64. The molecule has 10 heteroatoms. The summed E-state index contributed by atoms with van der Waals surface area (Å²) in [5.41, 5.74) is 2.15. The molecule has 0 spiro atoms. The van der Waals surface area contributed by atoms with Gasteiger partial charge in [-0.05, 0) is 79.1 Å². The molecule has 0 aliphatic rings. The first kappa shape index (κ1) is 26.0. The van der Waals surface area contributed by atoms with Crippen molar-refractivity contribution in [1.29, 1.82) is 0 Å². The Morgan fingerprint density at radius 3 is 2.71 bits per heavy atom. The lowest BCUT2D eigenvalue weighted by Gasteiger charge is -2.17. The fourth-order valence-electron chi connectivity index (χ4n) is 3.66. The number of hydrogen-bond acceptors (Lipinski definition) is 8. The van der Waals surface area contributed by atoms with Crippen LogP contribution in [0.3, 0.4) is 0 Å². The number of benzene rings is 2. The van der Waals surface area contributed by atoms with Crippen LogP contribution in [0.5, 0.6) is 11.5 Å². The van der Waals surface area contributed by atoms with Gasteiger partial charge in [0.2, 0.25) is 0 Å². The van der Waals surface area contributed by atoms with Gasteiger partial charge in [0, 0.05) is 16.0 Å². The summed E-state index contributed by atoms with van der Waals surface area (Å²) in [6, 6.07) is 8.85. The minimum Gasteiger partial charge on any atom is -0.507 e. The first-order valence-corrected chi connectivity index (χ1v) is 12.8. The van der Waals surface area contributed by atoms with Crippen LogP contribution in [0.2, 0.25) is 5.02 Å². The molecule has 1 N–H and O–H groups in total. The van der Waals surface area contributed by atoms with Crippen LogP contribution in [0, 0.1) is 11.8 Å². The van der Waals surface area contributed by atoms with Crippen LogP contribution in [0.1, 0.15) is 62.5 Å². The summed E-state index contributed by atoms with van der Waals surface area (Å²) in [7, 11) is 0. The fourth-order valence-corrected chi connectivity index (χ4v) is 4.93. The zero-order valence-electron chi connectivity index (χ0n) is 19.7. The number of rotatable bonds is 13. The first-order chi connectivity index (χ1) is 16.5. The van der Waals surface area contributed by atoms with Gasteiger partial charge in [0.1, 0.15) is 17.5 Å². The van der Waals surface area contributed by atoms with E-state index in [9.17, 15) is 10.0 Å². The summed E-state index contributed by atoms with van der Waals surface area (Å²) in [5, 5.41) is 26.1. The lowest BCUT2D eigenvalue weighted by atomic mass is 9.98. The normalized spacial score (nSPS) is 12.0. The van der Waals surface area contributed by atoms with Gasteiger partial charge in [-0.1, -0.05) is 37.0 Å². The topological polar surface area (TPSA) is 102 Å². The maximum atomic E-state index is 11.1. The molecule has 1 aromatic heterocycles. The van der Waals surface area contributed by atoms with Crippen LogP contribution in [-0.4, -0.2) is 37.7 Å². The number of ether oxygens (including phenoxy) is 1. The highest BCUT2D eigenvalue weighted by Crippen LogP contribution is 2.38. The van der Waals surface area contributed by atoms with Crippen molar-refractivity contribution in [1.82, 2.24) is 20.2 Å². The number of aromatic nitrogens is 4. The lowest BCUT2D eigenvalue weighted by molar-refractivity contribution is 0.303. The number of halogens is 1. The highest BCUT2D eigenvalue weighted by atomic mass is 35.5. The van der Waals surface area contributed by atoms with Crippen LogP contribution in [0.15, 0.2) is 40.4 Å². The van der Waals surface area contributed by atoms with E-state index in [2.05, 4.69) is 20.7 Å². The van der Waals surface area contributed by atoms with Crippen molar-refractivity contribution in [2.75, 3.05) is 12.4 Å². The van der Waals surface area contributed by atoms with E-state index in [4.69, 9.17) is 16.3 Å². The van der Waals surface area contributed by atoms with E-state index in [0.29, 0.717) is 41.6 Å². The standard InChI is InChI=1S/C24H30ClN5O3S/c1-4-8-19-22(11-10-18(24(19)31)21(5-2)27-32)33-13-6-7-14-34-23-12-9-17(15-20(23)25)30-16(3)26-28-29-30/h9-12,15,21,31H,4-8,13-14H2,1-3H3. The van der Waals surface area contributed by atoms with Crippen LogP contribution in [0.25, 0.3) is 5.69 Å². The van der Waals surface area contributed by atoms with Gasteiger partial charge in [0.05, 0.1) is 17.3 Å². The second-order valence-electron chi connectivity index (χ2n) is 7.92. The third-order valence-electron chi connectivity index (χ3n) is 5.48. The van der Waals surface area contributed by atoms with Crippen molar-refractivity contribution in [3.05, 3.63) is 57.2 Å². The van der Waals surface area contributed by atoms with E-state index in [1.165, 1.54) is 0 Å². The second kappa shape index (κ2) is 12.7. The lowest BCUT2D eigenvalue weighted by Crippen LogP contribution is -2.04. The smallest absolute Gasteiger partial charge is 0.153 e. The molecule has 2 aromatic carbocycles. The Kier molecular flexibility index (Phi) is 9.71. The van der Waals surface area contributed by atoms with Gasteiger partial charge in [0.25, 0.3) is 0 Å². The molecular weight excluding hydrogens is 474 g/mol. The van der Waals surface area contributed by atoms with Gasteiger partial charge in [-0.3, -0.25) is 0 Å². The Morgan fingerprint density at radius 1 is 1.24 bits per heavy atom. The number of thioether (sulfide) groups is 1. The molecule has 0 saturated carbocycles. The third-order valence-corrected chi connectivity index (χ3v) is 7.07. The molecule has 0 fully saturated rings. The van der Waals surface area contributed by atoms with Crippen LogP contribution < -0.4 is 4.74 Å². The van der Waals surface area contributed by atoms with Gasteiger partial charge in [0.15, 0.2) is 5.82 Å². The Morgan fingerprint density at radius 2 is 2.06 bits per heavy atom. The highest BCUT2D eigenvalue weighted by Gasteiger charge is 2.19. The Balaban J connectivity index is 1.51. The number of tetrazole rings is 1. The average molecular weight is 504 g/mol. The van der Waals surface area contributed by atoms with E-state index in [0.717, 1.165) is 41.2 Å². The number of nitrogens with zero attached hydrogens (tertiary/aromatic N) is 5. The molecule has 0 aliphatic heterocycles. The van der Waals surface area contributed by atoms with Crippen molar-refractivity contribution in [3.8, 4) is 17.2 Å². The minimum absolute atomic E-state index is 0.135. The molecule has 8 nitrogen and oxygen atoms in total. The number of hydrogen-bond donors (Lipinski definition) is 1. The number of aryl methyl sites for hydroxylation is 1. The number of aromatic hydroxyl groups is 1. The Hall–Kier alpha value is -2.65. The monoisotopic (exact) mass is 503 g/mol. The molecule has 0 bridgehead atoms. The fraction of sp³-hybridized carbons (Fsp3) is 0.458. The predicted octanol–water partition coefficient (Wildman–Crippen LogP) is 6.45. The zero-order valence-corrected chi connectivity index (χ0v) is 21.3. The van der Waals surface area contributed by atoms with Crippen LogP contribution in [-0.2, 0) is 6.42 Å². The molecule has 3 aromatic rings. The largest absolute Gasteiger partial charge is 0.507 e. The number of phenols is 1. The van der Waals surface area contributed by atoms with E-state index in [1.807, 2.05) is 45.0 Å². The summed E-state index contributed by atoms with van der Waals surface area (Å²) >= 11 is 8.16. The van der Waals surface area contributed by atoms with Crippen LogP contribution in [0.4, 0.5) is 0 Å². The van der Waals surface area contributed by atoms with Crippen molar-refractivity contribution in [2.24, 2.45) is 5.18 Å². The second-order valence-corrected chi connectivity index (χ2v) is 9.46. The average Bonchev–Trinajstić information content (AvgIpc) is 3.26. The Bertz CT molecular complexity index is 1110. The van der Waals surface area contributed by atoms with E-state index >= 15 is 0 Å². The summed E-state index contributed by atoms with van der Waals surface area (Å²) in [5.74, 6) is 2.41. The molecule has 34 heavy (non-hydrogen) atoms. The maximum absolute atomic E-state index is 11.1. The number of phenolic OH excluding ortho intramolecular Hbond substituents is 1. The molecule has 0 amide bonds. The molecule has 182 valence electrons. The highest BCUT2D eigenvalue weighted by molar-refractivity contribution is 7.99. The van der Waals surface area contributed by atoms with Crippen molar-refractivity contribution in [2.45, 2.75) is 63.8 Å². The zero-order chi connectivity index (χ0) is 24.5. The number of nitroso groups, excluding NO2 is 1. The summed E-state index contributed by atoms with van der Waals surface area (Å²) in [6.45, 7) is 6.31. The molecule has 3 rings (SSSR count). The molecule has 1 heterocycles. The van der Waals surface area contributed by atoms with E-state index in [1.54, 1.807) is 22.5 Å². The Labute approximate surface area is 209 Å². The van der Waals surface area contributed by atoms with E-state index < -0.39 is 6.04 Å². The molecule has 0 aliphatic carbocycles. The van der Waals surface area contributed by atoms with Crippen molar-refractivity contribution in [3.63, 3.8) is 0 Å². The van der Waals surface area contributed by atoms with Crippen molar-refractivity contribution >= 4 is 23.4 Å². The van der Waals surface area contributed by atoms with Gasteiger partial charge < -0.3 is 9.84 Å². The van der Waals surface area contributed by atoms with Gasteiger partial charge in [-0.15, -0.1) is 16.9 Å². The van der Waals surface area contributed by atoms with Gasteiger partial charge >= 0.3 is 0 Å². The van der Waals surface area contributed by atoms with E-state index in [-0.39, 0.29) is 5.75 Å². The molecule has 0 saturated heterocycles.